The molecule has 2 fully saturated rings. The second-order valence-electron chi connectivity index (χ2n) is 6.84. The Labute approximate surface area is 153 Å². The molecule has 0 saturated carbocycles. The van der Waals surface area contributed by atoms with Gasteiger partial charge in [0.2, 0.25) is 11.8 Å². The van der Waals surface area contributed by atoms with Crippen LogP contribution in [0, 0.1) is 0 Å². The van der Waals surface area contributed by atoms with Gasteiger partial charge in [-0.15, -0.1) is 0 Å². The molecule has 7 nitrogen and oxygen atoms in total. The summed E-state index contributed by atoms with van der Waals surface area (Å²) in [5, 5.41) is 2.59. The first-order chi connectivity index (χ1) is 12.5. The number of amides is 3. The molecule has 0 radical (unpaired) electrons. The van der Waals surface area contributed by atoms with Crippen LogP contribution in [0.5, 0.6) is 0 Å². The molecule has 1 unspecified atom stereocenters. The Hall–Kier alpha value is -2.57. The largest absolute Gasteiger partial charge is 0.372 e. The molecule has 0 spiro atoms. The maximum absolute atomic E-state index is 13.0. The summed E-state index contributed by atoms with van der Waals surface area (Å²) >= 11 is 0. The van der Waals surface area contributed by atoms with Crippen molar-refractivity contribution in [2.45, 2.75) is 25.8 Å². The van der Waals surface area contributed by atoms with E-state index in [1.807, 2.05) is 24.3 Å². The summed E-state index contributed by atoms with van der Waals surface area (Å²) in [6, 6.07) is 7.04. The fourth-order valence-corrected chi connectivity index (χ4v) is 3.73. The summed E-state index contributed by atoms with van der Waals surface area (Å²) in [4.78, 5) is 42.4. The highest BCUT2D eigenvalue weighted by atomic mass is 16.2. The van der Waals surface area contributed by atoms with E-state index in [1.165, 1.54) is 24.7 Å². The summed E-state index contributed by atoms with van der Waals surface area (Å²) in [5.74, 6) is -0.492. The van der Waals surface area contributed by atoms with Crippen LogP contribution in [-0.4, -0.2) is 73.3 Å². The molecule has 3 amide bonds. The number of nitrogens with zero attached hydrogens (tertiary/aromatic N) is 3. The number of likely N-dealkylation sites (N-methyl/N-ethyl adjacent to an activating group) is 1. The number of rotatable bonds is 3. The van der Waals surface area contributed by atoms with E-state index in [2.05, 4.69) is 10.2 Å². The van der Waals surface area contributed by atoms with E-state index in [0.717, 1.165) is 18.8 Å². The van der Waals surface area contributed by atoms with Gasteiger partial charge in [0.25, 0.3) is 5.91 Å². The van der Waals surface area contributed by atoms with Crippen LogP contribution in [0.1, 0.15) is 30.1 Å². The van der Waals surface area contributed by atoms with Crippen molar-refractivity contribution in [3.8, 4) is 0 Å². The number of carbonyl (C=O) groups excluding carboxylic acids is 3. The minimum absolute atomic E-state index is 0.0943. The zero-order valence-electron chi connectivity index (χ0n) is 15.4. The van der Waals surface area contributed by atoms with Gasteiger partial charge < -0.3 is 20.0 Å². The summed E-state index contributed by atoms with van der Waals surface area (Å²) in [7, 11) is 1.54. The standard InChI is InChI=1S/C19H26N4O3/c1-14(24)23-11-10-22(13-17(23)18(25)20-2)19(26)15-6-5-7-16(12-15)21-8-3-4-9-21/h5-7,12,17H,3-4,8-11,13H2,1-2H3,(H,20,25). The summed E-state index contributed by atoms with van der Waals surface area (Å²) < 4.78 is 0. The molecule has 7 heteroatoms. The quantitative estimate of drug-likeness (QED) is 0.864. The lowest BCUT2D eigenvalue weighted by Gasteiger charge is -2.40. The second-order valence-corrected chi connectivity index (χ2v) is 6.84. The first kappa shape index (κ1) is 18.2. The molecule has 0 aromatic heterocycles. The molecular formula is C19H26N4O3. The number of nitrogens with one attached hydrogen (secondary N) is 1. The third-order valence-corrected chi connectivity index (χ3v) is 5.19. The fraction of sp³-hybridized carbons (Fsp3) is 0.526. The van der Waals surface area contributed by atoms with Crippen molar-refractivity contribution in [3.63, 3.8) is 0 Å². The maximum Gasteiger partial charge on any atom is 0.254 e. The summed E-state index contributed by atoms with van der Waals surface area (Å²) in [6.07, 6.45) is 2.36. The Balaban J connectivity index is 1.76. The lowest BCUT2D eigenvalue weighted by molar-refractivity contribution is -0.141. The SMILES string of the molecule is CNC(=O)C1CN(C(=O)c2cccc(N3CCCC3)c2)CCN1C(C)=O. The van der Waals surface area contributed by atoms with Gasteiger partial charge in [0.05, 0.1) is 6.54 Å². The monoisotopic (exact) mass is 358 g/mol. The Morgan fingerprint density at radius 1 is 1.08 bits per heavy atom. The van der Waals surface area contributed by atoms with Gasteiger partial charge in [-0.05, 0) is 31.0 Å². The minimum Gasteiger partial charge on any atom is -0.372 e. The van der Waals surface area contributed by atoms with Gasteiger partial charge >= 0.3 is 0 Å². The highest BCUT2D eigenvalue weighted by molar-refractivity contribution is 5.96. The van der Waals surface area contributed by atoms with E-state index >= 15 is 0 Å². The Kier molecular flexibility index (Phi) is 5.44. The van der Waals surface area contributed by atoms with E-state index in [9.17, 15) is 14.4 Å². The number of hydrogen-bond acceptors (Lipinski definition) is 4. The van der Waals surface area contributed by atoms with Gasteiger partial charge in [-0.3, -0.25) is 14.4 Å². The maximum atomic E-state index is 13.0. The van der Waals surface area contributed by atoms with Crippen molar-refractivity contribution < 1.29 is 14.4 Å². The highest BCUT2D eigenvalue weighted by Crippen LogP contribution is 2.22. The first-order valence-electron chi connectivity index (χ1n) is 9.14. The van der Waals surface area contributed by atoms with Crippen molar-refractivity contribution in [2.24, 2.45) is 0 Å². The van der Waals surface area contributed by atoms with Crippen molar-refractivity contribution in [3.05, 3.63) is 29.8 Å². The minimum atomic E-state index is -0.642. The molecule has 1 aromatic rings. The zero-order chi connectivity index (χ0) is 18.7. The molecule has 2 aliphatic heterocycles. The molecule has 2 saturated heterocycles. The van der Waals surface area contributed by atoms with Crippen LogP contribution in [0.2, 0.25) is 0 Å². The van der Waals surface area contributed by atoms with E-state index in [1.54, 1.807) is 11.9 Å². The van der Waals surface area contributed by atoms with Crippen LogP contribution < -0.4 is 10.2 Å². The van der Waals surface area contributed by atoms with Gasteiger partial charge in [-0.25, -0.2) is 0 Å². The number of carbonyl (C=O) groups is 3. The van der Waals surface area contributed by atoms with E-state index in [4.69, 9.17) is 0 Å². The van der Waals surface area contributed by atoms with Crippen molar-refractivity contribution >= 4 is 23.4 Å². The molecule has 0 aliphatic carbocycles. The van der Waals surface area contributed by atoms with Crippen LogP contribution in [-0.2, 0) is 9.59 Å². The zero-order valence-corrected chi connectivity index (χ0v) is 15.4. The molecule has 140 valence electrons. The number of hydrogen-bond donors (Lipinski definition) is 1. The number of piperazine rings is 1. The van der Waals surface area contributed by atoms with Crippen LogP contribution in [0.15, 0.2) is 24.3 Å². The molecule has 1 atom stereocenters. The Morgan fingerprint density at radius 3 is 2.46 bits per heavy atom. The average molecular weight is 358 g/mol. The van der Waals surface area contributed by atoms with Crippen molar-refractivity contribution in [2.75, 3.05) is 44.7 Å². The molecular weight excluding hydrogens is 332 g/mol. The first-order valence-corrected chi connectivity index (χ1v) is 9.14. The number of anilines is 1. The van der Waals surface area contributed by atoms with Gasteiger partial charge in [-0.1, -0.05) is 6.07 Å². The molecule has 26 heavy (non-hydrogen) atoms. The summed E-state index contributed by atoms with van der Waals surface area (Å²) in [5.41, 5.74) is 1.69. The molecule has 2 heterocycles. The second kappa shape index (κ2) is 7.76. The van der Waals surface area contributed by atoms with Gasteiger partial charge in [0.1, 0.15) is 6.04 Å². The van der Waals surface area contributed by atoms with Crippen molar-refractivity contribution in [1.29, 1.82) is 0 Å². The molecule has 1 aromatic carbocycles. The van der Waals surface area contributed by atoms with Crippen molar-refractivity contribution in [1.82, 2.24) is 15.1 Å². The van der Waals surface area contributed by atoms with Crippen LogP contribution >= 0.6 is 0 Å². The average Bonchev–Trinajstić information content (AvgIpc) is 3.21. The fourth-order valence-electron chi connectivity index (χ4n) is 3.73. The third kappa shape index (κ3) is 3.66. The summed E-state index contributed by atoms with van der Waals surface area (Å²) in [6.45, 7) is 4.51. The molecule has 2 aliphatic rings. The van der Waals surface area contributed by atoms with Gasteiger partial charge in [-0.2, -0.15) is 0 Å². The van der Waals surface area contributed by atoms with E-state index < -0.39 is 6.04 Å². The molecule has 1 N–H and O–H groups in total. The lowest BCUT2D eigenvalue weighted by atomic mass is 10.1. The highest BCUT2D eigenvalue weighted by Gasteiger charge is 2.35. The normalized spacial score (nSPS) is 20.2. The smallest absolute Gasteiger partial charge is 0.254 e. The predicted molar refractivity (Wildman–Crippen MR) is 99.0 cm³/mol. The third-order valence-electron chi connectivity index (χ3n) is 5.19. The molecule has 3 rings (SSSR count). The van der Waals surface area contributed by atoms with E-state index in [-0.39, 0.29) is 24.3 Å². The Morgan fingerprint density at radius 2 is 1.81 bits per heavy atom. The van der Waals surface area contributed by atoms with Crippen LogP contribution in [0.25, 0.3) is 0 Å². The Bertz CT molecular complexity index is 700. The molecule has 0 bridgehead atoms. The lowest BCUT2D eigenvalue weighted by Crippen LogP contribution is -2.60. The van der Waals surface area contributed by atoms with Gasteiger partial charge in [0, 0.05) is 51.4 Å². The predicted octanol–water partition coefficient (Wildman–Crippen LogP) is 0.706. The van der Waals surface area contributed by atoms with Gasteiger partial charge in [0.15, 0.2) is 0 Å². The van der Waals surface area contributed by atoms with E-state index in [0.29, 0.717) is 18.7 Å². The van der Waals surface area contributed by atoms with Crippen LogP contribution in [0.3, 0.4) is 0 Å². The van der Waals surface area contributed by atoms with Crippen LogP contribution in [0.4, 0.5) is 5.69 Å². The number of benzene rings is 1. The topological polar surface area (TPSA) is 73.0 Å².